The third-order valence-electron chi connectivity index (χ3n) is 6.28. The van der Waals surface area contributed by atoms with Gasteiger partial charge in [0.05, 0.1) is 7.11 Å². The molecule has 0 bridgehead atoms. The van der Waals surface area contributed by atoms with Crippen molar-refractivity contribution in [3.05, 3.63) is 128 Å². The average molecular weight is 715 g/mol. The first-order valence-corrected chi connectivity index (χ1v) is 14.5. The van der Waals surface area contributed by atoms with Crippen LogP contribution in [0.2, 0.25) is 5.02 Å². The van der Waals surface area contributed by atoms with E-state index in [2.05, 4.69) is 27.3 Å². The Morgan fingerprint density at radius 3 is 1.81 bits per heavy atom. The Labute approximate surface area is 267 Å². The number of carboxylic acids is 1. The molecule has 2 heterocycles. The maximum atomic E-state index is 11.3. The summed E-state index contributed by atoms with van der Waals surface area (Å²) >= 11 is 8.43. The number of benzene rings is 3. The Bertz CT molecular complexity index is 1690. The molecule has 0 aliphatic heterocycles. The normalized spacial score (nSPS) is 10.4. The largest absolute Gasteiger partial charge is 0.489 e. The summed E-state index contributed by atoms with van der Waals surface area (Å²) in [7, 11) is 1.32. The zero-order valence-corrected chi connectivity index (χ0v) is 26.5. The summed E-state index contributed by atoms with van der Waals surface area (Å²) in [5.74, 6) is 1.20. The van der Waals surface area contributed by atoms with Gasteiger partial charge in [-0.25, -0.2) is 9.59 Å². The molecule has 8 nitrogen and oxygen atoms in total. The molecule has 43 heavy (non-hydrogen) atoms. The summed E-state index contributed by atoms with van der Waals surface area (Å²) in [5, 5.41) is 9.62. The fraction of sp³-hybridized carbons (Fsp3) is 0.152. The van der Waals surface area contributed by atoms with E-state index in [1.54, 1.807) is 19.9 Å². The van der Waals surface area contributed by atoms with E-state index in [0.717, 1.165) is 26.0 Å². The molecule has 10 heteroatoms. The minimum atomic E-state index is -1.09. The fourth-order valence-corrected chi connectivity index (χ4v) is 4.52. The second-order valence-electron chi connectivity index (χ2n) is 9.22. The van der Waals surface area contributed by atoms with E-state index in [-0.39, 0.29) is 18.1 Å². The molecule has 0 atom stereocenters. The lowest BCUT2D eigenvalue weighted by Gasteiger charge is -2.08. The van der Waals surface area contributed by atoms with E-state index in [9.17, 15) is 9.59 Å². The quantitative estimate of drug-likeness (QED) is 0.119. The van der Waals surface area contributed by atoms with Crippen molar-refractivity contribution in [2.24, 2.45) is 0 Å². The number of hydrogen-bond donors (Lipinski definition) is 1. The predicted molar refractivity (Wildman–Crippen MR) is 170 cm³/mol. The molecule has 2 aromatic heterocycles. The lowest BCUT2D eigenvalue weighted by Crippen LogP contribution is -1.99. The first kappa shape index (κ1) is 31.7. The Balaban J connectivity index is 0.000000203. The van der Waals surface area contributed by atoms with Gasteiger partial charge in [-0.1, -0.05) is 41.9 Å². The number of carbonyl (C=O) groups is 2. The van der Waals surface area contributed by atoms with Gasteiger partial charge in [0.2, 0.25) is 11.5 Å². The van der Waals surface area contributed by atoms with Crippen molar-refractivity contribution in [3.63, 3.8) is 0 Å². The van der Waals surface area contributed by atoms with Crippen molar-refractivity contribution in [1.29, 1.82) is 0 Å². The van der Waals surface area contributed by atoms with Gasteiger partial charge in [-0.05, 0) is 96.6 Å². The zero-order valence-electron chi connectivity index (χ0n) is 23.6. The molecule has 0 saturated carbocycles. The van der Waals surface area contributed by atoms with Crippen molar-refractivity contribution in [2.45, 2.75) is 27.1 Å². The van der Waals surface area contributed by atoms with Gasteiger partial charge in [-0.2, -0.15) is 0 Å². The lowest BCUT2D eigenvalue weighted by atomic mass is 10.1. The molecular formula is C33H28ClIO8. The monoisotopic (exact) mass is 714 g/mol. The van der Waals surface area contributed by atoms with Gasteiger partial charge in [0.25, 0.3) is 0 Å². The highest BCUT2D eigenvalue weighted by molar-refractivity contribution is 14.1. The number of carboxylic acid groups (broad SMARTS) is 1. The minimum absolute atomic E-state index is 0.0832. The molecule has 5 aromatic rings. The Morgan fingerprint density at radius 2 is 1.30 bits per heavy atom. The molecular weight excluding hydrogens is 687 g/mol. The zero-order chi connectivity index (χ0) is 30.9. The van der Waals surface area contributed by atoms with Gasteiger partial charge >= 0.3 is 11.9 Å². The van der Waals surface area contributed by atoms with Crippen LogP contribution in [0, 0.1) is 17.4 Å². The first-order valence-electron chi connectivity index (χ1n) is 13.0. The Kier molecular flexibility index (Phi) is 10.9. The number of aromatic carboxylic acids is 1. The van der Waals surface area contributed by atoms with E-state index < -0.39 is 11.9 Å². The van der Waals surface area contributed by atoms with Crippen LogP contribution < -0.4 is 9.47 Å². The lowest BCUT2D eigenvalue weighted by molar-refractivity contribution is 0.0563. The molecule has 0 unspecified atom stereocenters. The second-order valence-corrected chi connectivity index (χ2v) is 10.9. The molecule has 0 radical (unpaired) electrons. The van der Waals surface area contributed by atoms with Crippen molar-refractivity contribution >= 4 is 46.1 Å². The van der Waals surface area contributed by atoms with Crippen LogP contribution in [0.1, 0.15) is 43.8 Å². The molecule has 1 N–H and O–H groups in total. The van der Waals surface area contributed by atoms with E-state index in [1.807, 2.05) is 72.8 Å². The van der Waals surface area contributed by atoms with Crippen molar-refractivity contribution in [2.75, 3.05) is 7.11 Å². The molecule has 0 aliphatic carbocycles. The van der Waals surface area contributed by atoms with Crippen molar-refractivity contribution in [3.8, 4) is 22.6 Å². The molecule has 0 spiro atoms. The summed E-state index contributed by atoms with van der Waals surface area (Å²) in [5.41, 5.74) is 3.50. The first-order chi connectivity index (χ1) is 20.6. The number of halogens is 2. The summed E-state index contributed by atoms with van der Waals surface area (Å²) in [6.45, 7) is 4.10. The van der Waals surface area contributed by atoms with E-state index in [4.69, 9.17) is 35.0 Å². The number of esters is 1. The summed E-state index contributed by atoms with van der Waals surface area (Å²) in [4.78, 5) is 22.2. The van der Waals surface area contributed by atoms with E-state index in [1.165, 1.54) is 13.2 Å². The molecule has 3 aromatic carbocycles. The van der Waals surface area contributed by atoms with Crippen LogP contribution in [0.3, 0.4) is 0 Å². The number of aryl methyl sites for hydroxylation is 2. The smallest absolute Gasteiger partial charge is 0.373 e. The van der Waals surface area contributed by atoms with Crippen LogP contribution in [0.25, 0.3) is 11.1 Å². The van der Waals surface area contributed by atoms with Gasteiger partial charge in [0.1, 0.15) is 36.2 Å². The highest BCUT2D eigenvalue weighted by Crippen LogP contribution is 2.29. The van der Waals surface area contributed by atoms with Gasteiger partial charge in [0, 0.05) is 25.3 Å². The number of methoxy groups -OCH3 is 1. The van der Waals surface area contributed by atoms with Crippen LogP contribution in [0.15, 0.2) is 93.8 Å². The number of rotatable bonds is 9. The molecule has 0 amide bonds. The van der Waals surface area contributed by atoms with Crippen LogP contribution in [-0.4, -0.2) is 24.2 Å². The minimum Gasteiger partial charge on any atom is -0.489 e. The summed E-state index contributed by atoms with van der Waals surface area (Å²) in [6, 6.07) is 26.1. The number of furan rings is 2. The van der Waals surface area contributed by atoms with E-state index in [0.29, 0.717) is 34.5 Å². The number of ether oxygens (including phenoxy) is 3. The topological polar surface area (TPSA) is 108 Å². The van der Waals surface area contributed by atoms with Crippen molar-refractivity contribution in [1.82, 2.24) is 0 Å². The molecule has 0 aliphatic rings. The Morgan fingerprint density at radius 1 is 0.791 bits per heavy atom. The molecule has 222 valence electrons. The third-order valence-corrected chi connectivity index (χ3v) is 7.33. The number of hydrogen-bond acceptors (Lipinski definition) is 7. The predicted octanol–water partition coefficient (Wildman–Crippen LogP) is 8.74. The maximum absolute atomic E-state index is 11.3. The van der Waals surface area contributed by atoms with Gasteiger partial charge in [0.15, 0.2) is 0 Å². The van der Waals surface area contributed by atoms with Crippen LogP contribution >= 0.6 is 34.2 Å². The van der Waals surface area contributed by atoms with Crippen LogP contribution in [0.4, 0.5) is 0 Å². The van der Waals surface area contributed by atoms with Crippen LogP contribution in [0.5, 0.6) is 11.5 Å². The number of carbonyl (C=O) groups excluding carboxylic acids is 1. The standard InChI is InChI=1S/C19H15ClO4.C14H13IO4/c1-12-14(10-18(24-12)19(21)22)11-23-15-8-6-13(7-9-15)16-4-2-3-5-17(16)20;1-9-10(7-13(19-9)14(16)17-2)8-18-12-5-3-11(15)4-6-12/h2-10H,11H2,1H3,(H,21,22);3-7H,8H2,1-2H3. The highest BCUT2D eigenvalue weighted by Gasteiger charge is 2.15. The van der Waals surface area contributed by atoms with Crippen LogP contribution in [-0.2, 0) is 18.0 Å². The van der Waals surface area contributed by atoms with Crippen molar-refractivity contribution < 1.29 is 37.7 Å². The molecule has 0 fully saturated rings. The average Bonchev–Trinajstić information content (AvgIpc) is 3.58. The van der Waals surface area contributed by atoms with Gasteiger partial charge < -0.3 is 28.2 Å². The van der Waals surface area contributed by atoms with E-state index >= 15 is 0 Å². The van der Waals surface area contributed by atoms with Gasteiger partial charge in [-0.15, -0.1) is 0 Å². The summed E-state index contributed by atoms with van der Waals surface area (Å²) in [6.07, 6.45) is 0. The Hall–Kier alpha value is -4.22. The van der Waals surface area contributed by atoms with Gasteiger partial charge in [-0.3, -0.25) is 0 Å². The second kappa shape index (κ2) is 14.8. The maximum Gasteiger partial charge on any atom is 0.373 e. The SMILES string of the molecule is COC(=O)c1cc(COc2ccc(I)cc2)c(C)o1.Cc1oc(C(=O)O)cc1COc1ccc(-c2ccccc2Cl)cc1. The molecule has 0 saturated heterocycles. The summed E-state index contributed by atoms with van der Waals surface area (Å²) < 4.78 is 27.6. The molecule has 5 rings (SSSR count). The highest BCUT2D eigenvalue weighted by atomic mass is 127. The fourth-order valence-electron chi connectivity index (χ4n) is 3.91. The third kappa shape index (κ3) is 8.65.